The maximum absolute atomic E-state index is 10.4. The number of ether oxygens (including phenoxy) is 1. The zero-order chi connectivity index (χ0) is 9.14. The van der Waals surface area contributed by atoms with Gasteiger partial charge in [0.1, 0.15) is 0 Å². The Kier molecular flexibility index (Phi) is 2.99. The molecule has 12 heavy (non-hydrogen) atoms. The molecule has 1 heterocycles. The highest BCUT2D eigenvalue weighted by atomic mass is 16.5. The van der Waals surface area contributed by atoms with Gasteiger partial charge in [0.2, 0.25) is 0 Å². The van der Waals surface area contributed by atoms with Crippen LogP contribution in [0.2, 0.25) is 0 Å². The maximum atomic E-state index is 10.4. The Morgan fingerprint density at radius 1 is 1.50 bits per heavy atom. The van der Waals surface area contributed by atoms with Gasteiger partial charge < -0.3 is 9.84 Å². The number of rotatable bonds is 2. The summed E-state index contributed by atoms with van der Waals surface area (Å²) in [6.07, 6.45) is 0.427. The Balaban J connectivity index is 2.34. The second-order valence-corrected chi connectivity index (χ2v) is 2.84. The molecule has 6 nitrogen and oxygen atoms in total. The number of aliphatic carboxylic acids is 1. The first-order valence-corrected chi connectivity index (χ1v) is 3.74. The number of hydrazine groups is 2. The summed E-state index contributed by atoms with van der Waals surface area (Å²) in [5.74, 6) is 9.62. The predicted octanol–water partition coefficient (Wildman–Crippen LogP) is -1.33. The molecule has 1 rings (SSSR count). The average molecular weight is 175 g/mol. The zero-order valence-electron chi connectivity index (χ0n) is 6.64. The van der Waals surface area contributed by atoms with Crippen molar-refractivity contribution in [1.29, 1.82) is 0 Å². The van der Waals surface area contributed by atoms with E-state index in [0.29, 0.717) is 12.8 Å². The van der Waals surface area contributed by atoms with E-state index >= 15 is 0 Å². The number of carboxylic acids is 1. The molecule has 0 bridgehead atoms. The topological polar surface area (TPSA) is 102 Å². The van der Waals surface area contributed by atoms with Crippen molar-refractivity contribution in [2.24, 2.45) is 11.7 Å². The van der Waals surface area contributed by atoms with Gasteiger partial charge in [0.25, 0.3) is 0 Å². The van der Waals surface area contributed by atoms with E-state index in [1.165, 1.54) is 0 Å². The van der Waals surface area contributed by atoms with Gasteiger partial charge in [0, 0.05) is 0 Å². The van der Waals surface area contributed by atoms with Crippen molar-refractivity contribution in [2.75, 3.05) is 6.61 Å². The van der Waals surface area contributed by atoms with Gasteiger partial charge in [0.05, 0.1) is 12.6 Å². The summed E-state index contributed by atoms with van der Waals surface area (Å²) in [5, 5.41) is 9.63. The highest BCUT2D eigenvalue weighted by Crippen LogP contribution is 2.15. The summed E-state index contributed by atoms with van der Waals surface area (Å²) in [5.41, 5.74) is 0. The lowest BCUT2D eigenvalue weighted by Crippen LogP contribution is -2.52. The van der Waals surface area contributed by atoms with E-state index in [0.717, 1.165) is 5.12 Å². The van der Waals surface area contributed by atoms with Crippen LogP contribution in [0, 0.1) is 0 Å². The van der Waals surface area contributed by atoms with Crippen molar-refractivity contribution in [3.63, 3.8) is 0 Å². The molecule has 1 saturated heterocycles. The molecule has 0 radical (unpaired) electrons. The smallest absolute Gasteiger partial charge is 0.332 e. The molecule has 0 aromatic heterocycles. The lowest BCUT2D eigenvalue weighted by atomic mass is 10.1. The monoisotopic (exact) mass is 175 g/mol. The summed E-state index contributed by atoms with van der Waals surface area (Å²) < 4.78 is 5.01. The Labute approximate surface area is 70.0 Å². The van der Waals surface area contributed by atoms with Crippen molar-refractivity contribution in [1.82, 2.24) is 5.12 Å². The quantitative estimate of drug-likeness (QED) is 0.355. The normalized spacial score (nSPS) is 30.6. The lowest BCUT2D eigenvalue weighted by Gasteiger charge is -2.29. The molecule has 0 aromatic rings. The van der Waals surface area contributed by atoms with Crippen LogP contribution in [0.4, 0.5) is 0 Å². The molecule has 2 unspecified atom stereocenters. The predicted molar refractivity (Wildman–Crippen MR) is 40.6 cm³/mol. The molecular weight excluding hydrogens is 162 g/mol. The number of hydrogen-bond acceptors (Lipinski definition) is 5. The molecule has 1 aliphatic rings. The summed E-state index contributed by atoms with van der Waals surface area (Å²) in [7, 11) is 0. The average Bonchev–Trinajstić information content (AvgIpc) is 2.04. The van der Waals surface area contributed by atoms with E-state index in [-0.39, 0.29) is 12.6 Å². The van der Waals surface area contributed by atoms with E-state index < -0.39 is 12.1 Å². The van der Waals surface area contributed by atoms with Crippen LogP contribution in [0.5, 0.6) is 0 Å². The number of hydrogen-bond donors (Lipinski definition) is 3. The molecule has 2 atom stereocenters. The van der Waals surface area contributed by atoms with Crippen molar-refractivity contribution in [3.05, 3.63) is 0 Å². The van der Waals surface area contributed by atoms with Crippen LogP contribution in [0.1, 0.15) is 12.8 Å². The van der Waals surface area contributed by atoms with Crippen LogP contribution in [0.15, 0.2) is 0 Å². The van der Waals surface area contributed by atoms with E-state index in [9.17, 15) is 4.79 Å². The third-order valence-corrected chi connectivity index (χ3v) is 1.95. The fourth-order valence-corrected chi connectivity index (χ4v) is 1.17. The molecular formula is C6H13N3O3. The van der Waals surface area contributed by atoms with Crippen LogP contribution in [0.25, 0.3) is 0 Å². The second-order valence-electron chi connectivity index (χ2n) is 2.84. The summed E-state index contributed by atoms with van der Waals surface area (Å²) in [4.78, 5) is 10.4. The highest BCUT2D eigenvalue weighted by Gasteiger charge is 2.27. The summed E-state index contributed by atoms with van der Waals surface area (Å²) in [6, 6.07) is -0.0689. The van der Waals surface area contributed by atoms with Crippen LogP contribution >= 0.6 is 0 Å². The number of nitrogens with two attached hydrogens (primary N) is 2. The summed E-state index contributed by atoms with van der Waals surface area (Å²) in [6.45, 7) is 0.282. The summed E-state index contributed by atoms with van der Waals surface area (Å²) >= 11 is 0. The molecule has 0 amide bonds. The third kappa shape index (κ3) is 2.15. The van der Waals surface area contributed by atoms with Crippen molar-refractivity contribution in [2.45, 2.75) is 25.0 Å². The van der Waals surface area contributed by atoms with Gasteiger partial charge in [-0.2, -0.15) is 5.12 Å². The first-order valence-electron chi connectivity index (χ1n) is 3.74. The molecule has 70 valence electrons. The fraction of sp³-hybridized carbons (Fsp3) is 0.833. The lowest BCUT2D eigenvalue weighted by molar-refractivity contribution is -0.156. The Hall–Kier alpha value is -0.690. The molecule has 6 heteroatoms. The number of carbonyl (C=O) groups is 1. The minimum atomic E-state index is -0.922. The molecule has 0 aromatic carbocycles. The van der Waals surface area contributed by atoms with Gasteiger partial charge in [-0.1, -0.05) is 0 Å². The van der Waals surface area contributed by atoms with Crippen LogP contribution in [0.3, 0.4) is 0 Å². The van der Waals surface area contributed by atoms with E-state index in [1.807, 2.05) is 0 Å². The van der Waals surface area contributed by atoms with Crippen molar-refractivity contribution in [3.8, 4) is 0 Å². The molecule has 0 aliphatic carbocycles. The molecule has 1 aliphatic heterocycles. The Bertz CT molecular complexity index is 165. The second kappa shape index (κ2) is 3.81. The molecule has 5 N–H and O–H groups in total. The minimum absolute atomic E-state index is 0.0689. The fourth-order valence-electron chi connectivity index (χ4n) is 1.17. The standard InChI is InChI=1S/C6H13N3O3/c7-9(8)4-1-2-5(6(10)11)12-3-4/h4-5H,1-3,7-8H2,(H,10,11). The first-order chi connectivity index (χ1) is 5.61. The Morgan fingerprint density at radius 3 is 2.50 bits per heavy atom. The van der Waals surface area contributed by atoms with Gasteiger partial charge >= 0.3 is 5.97 Å². The maximum Gasteiger partial charge on any atom is 0.332 e. The highest BCUT2D eigenvalue weighted by molar-refractivity contribution is 5.72. The van der Waals surface area contributed by atoms with Gasteiger partial charge in [-0.15, -0.1) is 0 Å². The third-order valence-electron chi connectivity index (χ3n) is 1.95. The van der Waals surface area contributed by atoms with E-state index in [4.69, 9.17) is 21.5 Å². The number of carboxylic acid groups (broad SMARTS) is 1. The van der Waals surface area contributed by atoms with E-state index in [2.05, 4.69) is 0 Å². The zero-order valence-corrected chi connectivity index (χ0v) is 6.64. The largest absolute Gasteiger partial charge is 0.479 e. The Morgan fingerprint density at radius 2 is 2.17 bits per heavy atom. The van der Waals surface area contributed by atoms with Gasteiger partial charge in [-0.25, -0.2) is 4.79 Å². The van der Waals surface area contributed by atoms with Crippen LogP contribution < -0.4 is 11.7 Å². The molecule has 1 fully saturated rings. The number of nitrogens with zero attached hydrogens (tertiary/aromatic N) is 1. The minimum Gasteiger partial charge on any atom is -0.479 e. The molecule has 0 saturated carbocycles. The van der Waals surface area contributed by atoms with Crippen LogP contribution in [-0.4, -0.2) is 34.9 Å². The SMILES string of the molecule is NN(N)C1CCC(C(=O)O)OC1. The van der Waals surface area contributed by atoms with Gasteiger partial charge in [-0.05, 0) is 12.8 Å². The molecule has 0 spiro atoms. The first kappa shape index (κ1) is 9.40. The van der Waals surface area contributed by atoms with Gasteiger partial charge in [0.15, 0.2) is 6.10 Å². The van der Waals surface area contributed by atoms with Gasteiger partial charge in [-0.3, -0.25) is 11.7 Å². The van der Waals surface area contributed by atoms with Crippen LogP contribution in [-0.2, 0) is 9.53 Å². The van der Waals surface area contributed by atoms with Crippen molar-refractivity contribution >= 4 is 5.97 Å². The van der Waals surface area contributed by atoms with Crippen molar-refractivity contribution < 1.29 is 14.6 Å². The van der Waals surface area contributed by atoms with E-state index in [1.54, 1.807) is 0 Å².